The lowest BCUT2D eigenvalue weighted by atomic mass is 9.85. The molecule has 0 radical (unpaired) electrons. The highest BCUT2D eigenvalue weighted by atomic mass is 35.5. The number of benzene rings is 1. The van der Waals surface area contributed by atoms with Gasteiger partial charge in [0.05, 0.1) is 6.42 Å². The number of likely N-dealkylation sites (tertiary alicyclic amines) is 1. The molecule has 2 aliphatic heterocycles. The fraction of sp³-hybridized carbons (Fsp3) is 0.571. The zero-order valence-electron chi connectivity index (χ0n) is 16.8. The molecule has 1 aromatic carbocycles. The van der Waals surface area contributed by atoms with E-state index in [2.05, 4.69) is 0 Å². The number of halogens is 1. The van der Waals surface area contributed by atoms with Crippen LogP contribution in [0.5, 0.6) is 0 Å². The highest BCUT2D eigenvalue weighted by Gasteiger charge is 2.57. The smallest absolute Gasteiger partial charge is 0.327 e. The average Bonchev–Trinajstić information content (AvgIpc) is 2.83. The largest absolute Gasteiger partial charge is 0.342 e. The van der Waals surface area contributed by atoms with E-state index in [-0.39, 0.29) is 30.2 Å². The third-order valence-electron chi connectivity index (χ3n) is 5.67. The second-order valence-electron chi connectivity index (χ2n) is 8.06. The van der Waals surface area contributed by atoms with Gasteiger partial charge in [-0.15, -0.1) is 0 Å². The maximum atomic E-state index is 13.1. The fourth-order valence-electron chi connectivity index (χ4n) is 4.22. The minimum Gasteiger partial charge on any atom is -0.342 e. The van der Waals surface area contributed by atoms with Gasteiger partial charge < -0.3 is 9.80 Å². The van der Waals surface area contributed by atoms with Crippen LogP contribution in [0.4, 0.5) is 4.79 Å². The quantitative estimate of drug-likeness (QED) is 0.707. The van der Waals surface area contributed by atoms with Gasteiger partial charge in [-0.05, 0) is 43.4 Å². The molecule has 0 N–H and O–H groups in total. The van der Waals surface area contributed by atoms with Gasteiger partial charge >= 0.3 is 6.03 Å². The SMILES string of the molecule is CCN1C(=O)N(CC(C)C)C2(CCN(C(=O)Cc3cccc(Cl)c3)CC2)C1=O. The lowest BCUT2D eigenvalue weighted by Gasteiger charge is -2.42. The van der Waals surface area contributed by atoms with E-state index in [9.17, 15) is 14.4 Å². The minimum absolute atomic E-state index is 0.0247. The topological polar surface area (TPSA) is 60.9 Å². The number of rotatable bonds is 5. The van der Waals surface area contributed by atoms with Gasteiger partial charge in [0.15, 0.2) is 0 Å². The van der Waals surface area contributed by atoms with E-state index in [0.717, 1.165) is 5.56 Å². The van der Waals surface area contributed by atoms with Crippen molar-refractivity contribution in [3.8, 4) is 0 Å². The summed E-state index contributed by atoms with van der Waals surface area (Å²) >= 11 is 6.01. The van der Waals surface area contributed by atoms with Crippen molar-refractivity contribution >= 4 is 29.4 Å². The Hall–Kier alpha value is -2.08. The van der Waals surface area contributed by atoms with Crippen molar-refractivity contribution in [2.45, 2.75) is 45.6 Å². The van der Waals surface area contributed by atoms with Gasteiger partial charge in [-0.1, -0.05) is 37.6 Å². The van der Waals surface area contributed by atoms with E-state index < -0.39 is 5.54 Å². The first-order valence-corrected chi connectivity index (χ1v) is 10.3. The maximum Gasteiger partial charge on any atom is 0.327 e. The maximum absolute atomic E-state index is 13.1. The summed E-state index contributed by atoms with van der Waals surface area (Å²) in [7, 11) is 0. The second kappa shape index (κ2) is 8.11. The Morgan fingerprint density at radius 2 is 1.89 bits per heavy atom. The van der Waals surface area contributed by atoms with Crippen LogP contribution in [0.1, 0.15) is 39.2 Å². The highest BCUT2D eigenvalue weighted by molar-refractivity contribution is 6.30. The van der Waals surface area contributed by atoms with E-state index in [1.165, 1.54) is 4.90 Å². The highest BCUT2D eigenvalue weighted by Crippen LogP contribution is 2.37. The average molecular weight is 406 g/mol. The van der Waals surface area contributed by atoms with Crippen LogP contribution in [0.3, 0.4) is 0 Å². The van der Waals surface area contributed by atoms with E-state index in [1.54, 1.807) is 21.9 Å². The number of hydrogen-bond donors (Lipinski definition) is 0. The summed E-state index contributed by atoms with van der Waals surface area (Å²) in [5.74, 6) is 0.187. The molecule has 0 unspecified atom stereocenters. The Labute approximate surface area is 171 Å². The number of urea groups is 1. The molecule has 4 amide bonds. The van der Waals surface area contributed by atoms with Crippen molar-refractivity contribution in [2.24, 2.45) is 5.92 Å². The van der Waals surface area contributed by atoms with Crippen LogP contribution in [0.2, 0.25) is 5.02 Å². The number of piperidine rings is 1. The molecule has 0 aromatic heterocycles. The van der Waals surface area contributed by atoms with Gasteiger partial charge in [0.25, 0.3) is 5.91 Å². The van der Waals surface area contributed by atoms with Crippen LogP contribution in [0.15, 0.2) is 24.3 Å². The van der Waals surface area contributed by atoms with Crippen LogP contribution in [-0.4, -0.2) is 64.3 Å². The summed E-state index contributed by atoms with van der Waals surface area (Å²) in [6.07, 6.45) is 1.27. The van der Waals surface area contributed by atoms with E-state index >= 15 is 0 Å². The summed E-state index contributed by atoms with van der Waals surface area (Å²) in [6, 6.07) is 7.11. The summed E-state index contributed by atoms with van der Waals surface area (Å²) in [5.41, 5.74) is 0.0768. The van der Waals surface area contributed by atoms with Crippen molar-refractivity contribution < 1.29 is 14.4 Å². The van der Waals surface area contributed by atoms with Crippen LogP contribution in [-0.2, 0) is 16.0 Å². The normalized spacial score (nSPS) is 19.2. The number of carbonyl (C=O) groups is 3. The Morgan fingerprint density at radius 1 is 1.21 bits per heavy atom. The van der Waals surface area contributed by atoms with Gasteiger partial charge in [0.2, 0.25) is 5.91 Å². The Balaban J connectivity index is 1.72. The summed E-state index contributed by atoms with van der Waals surface area (Å²) < 4.78 is 0. The molecule has 2 aliphatic rings. The molecule has 1 spiro atoms. The van der Waals surface area contributed by atoms with Crippen LogP contribution >= 0.6 is 11.6 Å². The van der Waals surface area contributed by atoms with Gasteiger partial charge in [0.1, 0.15) is 5.54 Å². The fourth-order valence-corrected chi connectivity index (χ4v) is 4.44. The lowest BCUT2D eigenvalue weighted by Crippen LogP contribution is -2.58. The van der Waals surface area contributed by atoms with Gasteiger partial charge in [-0.3, -0.25) is 14.5 Å². The number of hydrogen-bond acceptors (Lipinski definition) is 3. The van der Waals surface area contributed by atoms with Gasteiger partial charge in [0, 0.05) is 31.2 Å². The first kappa shape index (κ1) is 20.6. The molecule has 28 heavy (non-hydrogen) atoms. The van der Waals surface area contributed by atoms with E-state index in [0.29, 0.717) is 44.0 Å². The second-order valence-corrected chi connectivity index (χ2v) is 8.49. The first-order chi connectivity index (χ1) is 13.3. The van der Waals surface area contributed by atoms with Gasteiger partial charge in [-0.25, -0.2) is 4.79 Å². The lowest BCUT2D eigenvalue weighted by molar-refractivity contribution is -0.140. The molecule has 1 aromatic rings. The van der Waals surface area contributed by atoms with Gasteiger partial charge in [-0.2, -0.15) is 0 Å². The van der Waals surface area contributed by atoms with Crippen molar-refractivity contribution in [1.82, 2.24) is 14.7 Å². The predicted octanol–water partition coefficient (Wildman–Crippen LogP) is 3.18. The van der Waals surface area contributed by atoms with Crippen molar-refractivity contribution in [3.63, 3.8) is 0 Å². The number of nitrogens with zero attached hydrogens (tertiary/aromatic N) is 3. The van der Waals surface area contributed by atoms with Crippen molar-refractivity contribution in [2.75, 3.05) is 26.2 Å². The zero-order chi connectivity index (χ0) is 20.5. The summed E-state index contributed by atoms with van der Waals surface area (Å²) in [4.78, 5) is 43.5. The monoisotopic (exact) mass is 405 g/mol. The third-order valence-corrected chi connectivity index (χ3v) is 5.91. The number of amides is 4. The minimum atomic E-state index is -0.801. The molecule has 152 valence electrons. The Morgan fingerprint density at radius 3 is 2.46 bits per heavy atom. The van der Waals surface area contributed by atoms with E-state index in [4.69, 9.17) is 11.6 Å². The molecule has 2 heterocycles. The Kier molecular flexibility index (Phi) is 5.98. The van der Waals surface area contributed by atoms with Crippen LogP contribution < -0.4 is 0 Å². The predicted molar refractivity (Wildman–Crippen MR) is 108 cm³/mol. The number of likely N-dealkylation sites (N-methyl/N-ethyl adjacent to an activating group) is 1. The third kappa shape index (κ3) is 3.75. The number of imide groups is 1. The zero-order valence-corrected chi connectivity index (χ0v) is 17.5. The summed E-state index contributed by atoms with van der Waals surface area (Å²) in [6.45, 7) is 7.80. The Bertz CT molecular complexity index is 772. The molecular weight excluding hydrogens is 378 g/mol. The molecule has 0 bridgehead atoms. The van der Waals surface area contributed by atoms with E-state index in [1.807, 2.05) is 32.9 Å². The summed E-state index contributed by atoms with van der Waals surface area (Å²) in [5, 5.41) is 0.613. The van der Waals surface area contributed by atoms with Crippen LogP contribution in [0.25, 0.3) is 0 Å². The van der Waals surface area contributed by atoms with Crippen molar-refractivity contribution in [1.29, 1.82) is 0 Å². The van der Waals surface area contributed by atoms with Crippen LogP contribution in [0, 0.1) is 5.92 Å². The molecule has 6 nitrogen and oxygen atoms in total. The molecule has 7 heteroatoms. The first-order valence-electron chi connectivity index (χ1n) is 9.94. The molecule has 2 fully saturated rings. The molecule has 0 aliphatic carbocycles. The van der Waals surface area contributed by atoms with Crippen molar-refractivity contribution in [3.05, 3.63) is 34.9 Å². The molecule has 0 atom stereocenters. The number of carbonyl (C=O) groups excluding carboxylic acids is 3. The standard InChI is InChI=1S/C21H28ClN3O3/c1-4-24-19(27)21(25(20(24)28)14-15(2)3)8-10-23(11-9-21)18(26)13-16-6-5-7-17(22)12-16/h5-7,12,15H,4,8-11,13-14H2,1-3H3. The molecule has 0 saturated carbocycles. The molecule has 3 rings (SSSR count). The molecular formula is C21H28ClN3O3. The molecule has 2 saturated heterocycles.